The van der Waals surface area contributed by atoms with Gasteiger partial charge >= 0.3 is 5.97 Å². The Morgan fingerprint density at radius 2 is 1.95 bits per heavy atom. The molecule has 0 aromatic carbocycles. The maximum absolute atomic E-state index is 12.0. The van der Waals surface area contributed by atoms with E-state index in [1.165, 1.54) is 0 Å². The molecule has 0 radical (unpaired) electrons. The highest BCUT2D eigenvalue weighted by atomic mass is 16.4. The molecule has 3 unspecified atom stereocenters. The molecule has 0 aromatic heterocycles. The zero-order valence-corrected chi connectivity index (χ0v) is 12.3. The van der Waals surface area contributed by atoms with Crippen molar-refractivity contribution in [1.82, 2.24) is 16.0 Å². The topological polar surface area (TPSA) is 128 Å². The Kier molecular flexibility index (Phi) is 6.57. The van der Waals surface area contributed by atoms with E-state index in [0.29, 0.717) is 6.42 Å². The molecule has 1 aliphatic rings. The minimum Gasteiger partial charge on any atom is -0.480 e. The van der Waals surface area contributed by atoms with Crippen LogP contribution in [0, 0.1) is 5.92 Å². The summed E-state index contributed by atoms with van der Waals surface area (Å²) in [6.07, 6.45) is 1.55. The lowest BCUT2D eigenvalue weighted by molar-refractivity contribution is -0.143. The second-order valence-electron chi connectivity index (χ2n) is 5.46. The number of hydrogen-bond acceptors (Lipinski definition) is 5. The van der Waals surface area contributed by atoms with E-state index >= 15 is 0 Å². The van der Waals surface area contributed by atoms with E-state index in [9.17, 15) is 19.5 Å². The number of nitrogens with one attached hydrogen (secondary N) is 3. The van der Waals surface area contributed by atoms with Gasteiger partial charge in [-0.2, -0.15) is 0 Å². The van der Waals surface area contributed by atoms with E-state index in [1.54, 1.807) is 13.8 Å². The predicted octanol–water partition coefficient (Wildman–Crippen LogP) is -1.56. The van der Waals surface area contributed by atoms with Crippen LogP contribution in [0.4, 0.5) is 0 Å². The smallest absolute Gasteiger partial charge is 0.326 e. The van der Waals surface area contributed by atoms with Crippen LogP contribution in [0.15, 0.2) is 0 Å². The molecule has 21 heavy (non-hydrogen) atoms. The van der Waals surface area contributed by atoms with E-state index in [4.69, 9.17) is 5.11 Å². The van der Waals surface area contributed by atoms with Crippen LogP contribution < -0.4 is 16.0 Å². The van der Waals surface area contributed by atoms with Gasteiger partial charge in [0.05, 0.1) is 12.6 Å². The molecule has 8 nitrogen and oxygen atoms in total. The van der Waals surface area contributed by atoms with Gasteiger partial charge in [0.15, 0.2) is 0 Å². The molecule has 0 bridgehead atoms. The van der Waals surface area contributed by atoms with Crippen molar-refractivity contribution in [1.29, 1.82) is 0 Å². The molecule has 2 amide bonds. The molecule has 3 atom stereocenters. The molecule has 1 heterocycles. The zero-order valence-electron chi connectivity index (χ0n) is 12.3. The number of carbonyl (C=O) groups is 3. The Balaban J connectivity index is 2.59. The molecule has 0 spiro atoms. The summed E-state index contributed by atoms with van der Waals surface area (Å²) in [7, 11) is 0. The van der Waals surface area contributed by atoms with Gasteiger partial charge in [0.1, 0.15) is 12.1 Å². The van der Waals surface area contributed by atoms with E-state index in [0.717, 1.165) is 13.0 Å². The number of carbonyl (C=O) groups excluding carboxylic acids is 2. The van der Waals surface area contributed by atoms with Crippen LogP contribution in [-0.2, 0) is 14.4 Å². The Morgan fingerprint density at radius 1 is 1.29 bits per heavy atom. The Bertz CT molecular complexity index is 393. The lowest BCUT2D eigenvalue weighted by Crippen LogP contribution is -2.56. The minimum atomic E-state index is -1.15. The molecule has 1 fully saturated rings. The summed E-state index contributed by atoms with van der Waals surface area (Å²) in [6, 6.07) is -2.58. The molecule has 0 saturated carbocycles. The third kappa shape index (κ3) is 4.98. The van der Waals surface area contributed by atoms with Crippen LogP contribution in [0.3, 0.4) is 0 Å². The summed E-state index contributed by atoms with van der Waals surface area (Å²) in [5.74, 6) is -2.53. The van der Waals surface area contributed by atoms with Gasteiger partial charge in [-0.3, -0.25) is 9.59 Å². The van der Waals surface area contributed by atoms with Crippen molar-refractivity contribution in [2.75, 3.05) is 13.2 Å². The van der Waals surface area contributed by atoms with E-state index < -0.39 is 30.6 Å². The number of carboxylic acids is 1. The standard InChI is InChI=1S/C13H23N3O5/c1-7(2)10(13(20)21)16-12(19)9(6-17)15-11(18)8-4-3-5-14-8/h7-10,14,17H,3-6H2,1-2H3,(H,15,18)(H,16,19)(H,20,21). The Morgan fingerprint density at radius 3 is 2.38 bits per heavy atom. The number of aliphatic hydroxyl groups excluding tert-OH is 1. The van der Waals surface area contributed by atoms with Gasteiger partial charge in [-0.15, -0.1) is 0 Å². The maximum Gasteiger partial charge on any atom is 0.326 e. The monoisotopic (exact) mass is 301 g/mol. The second kappa shape index (κ2) is 7.94. The number of hydrogen-bond donors (Lipinski definition) is 5. The fraction of sp³-hybridized carbons (Fsp3) is 0.769. The molecule has 0 aromatic rings. The molecule has 1 aliphatic heterocycles. The van der Waals surface area contributed by atoms with Gasteiger partial charge < -0.3 is 26.2 Å². The van der Waals surface area contributed by atoms with Crippen molar-refractivity contribution >= 4 is 17.8 Å². The average molecular weight is 301 g/mol. The summed E-state index contributed by atoms with van der Waals surface area (Å²) in [6.45, 7) is 3.47. The van der Waals surface area contributed by atoms with Crippen molar-refractivity contribution in [2.45, 2.75) is 44.8 Å². The van der Waals surface area contributed by atoms with Crippen molar-refractivity contribution < 1.29 is 24.6 Å². The third-order valence-corrected chi connectivity index (χ3v) is 3.42. The highest BCUT2D eigenvalue weighted by Gasteiger charge is 2.30. The van der Waals surface area contributed by atoms with Gasteiger partial charge in [0.25, 0.3) is 0 Å². The fourth-order valence-corrected chi connectivity index (χ4v) is 2.14. The average Bonchev–Trinajstić information content (AvgIpc) is 2.94. The number of carboxylic acid groups (broad SMARTS) is 1. The van der Waals surface area contributed by atoms with Gasteiger partial charge in [0.2, 0.25) is 11.8 Å². The van der Waals surface area contributed by atoms with Crippen LogP contribution >= 0.6 is 0 Å². The van der Waals surface area contributed by atoms with Gasteiger partial charge in [-0.05, 0) is 25.3 Å². The highest BCUT2D eigenvalue weighted by molar-refractivity contribution is 5.92. The first-order valence-corrected chi connectivity index (χ1v) is 7.04. The lowest BCUT2D eigenvalue weighted by atomic mass is 10.0. The first kappa shape index (κ1) is 17.4. The van der Waals surface area contributed by atoms with Crippen LogP contribution in [0.5, 0.6) is 0 Å². The third-order valence-electron chi connectivity index (χ3n) is 3.42. The normalized spacial score (nSPS) is 20.9. The minimum absolute atomic E-state index is 0.307. The first-order valence-electron chi connectivity index (χ1n) is 7.04. The molecular weight excluding hydrogens is 278 g/mol. The molecule has 1 rings (SSSR count). The summed E-state index contributed by atoms with van der Waals surface area (Å²) < 4.78 is 0. The molecule has 1 saturated heterocycles. The van der Waals surface area contributed by atoms with Crippen LogP contribution in [0.2, 0.25) is 0 Å². The zero-order chi connectivity index (χ0) is 16.0. The second-order valence-corrected chi connectivity index (χ2v) is 5.46. The molecule has 120 valence electrons. The van der Waals surface area contributed by atoms with Crippen molar-refractivity contribution in [3.8, 4) is 0 Å². The van der Waals surface area contributed by atoms with Gasteiger partial charge in [-0.1, -0.05) is 13.8 Å². The largest absolute Gasteiger partial charge is 0.480 e. The first-order chi connectivity index (χ1) is 9.86. The molecular formula is C13H23N3O5. The SMILES string of the molecule is CC(C)C(NC(=O)C(CO)NC(=O)C1CCCN1)C(=O)O. The molecule has 8 heteroatoms. The maximum atomic E-state index is 12.0. The van der Waals surface area contributed by atoms with E-state index in [-0.39, 0.29) is 17.9 Å². The van der Waals surface area contributed by atoms with Gasteiger partial charge in [0, 0.05) is 0 Å². The van der Waals surface area contributed by atoms with Crippen molar-refractivity contribution in [3.63, 3.8) is 0 Å². The molecule has 0 aliphatic carbocycles. The number of amides is 2. The van der Waals surface area contributed by atoms with Crippen molar-refractivity contribution in [2.24, 2.45) is 5.92 Å². The van der Waals surface area contributed by atoms with Crippen molar-refractivity contribution in [3.05, 3.63) is 0 Å². The van der Waals surface area contributed by atoms with Crippen LogP contribution in [0.1, 0.15) is 26.7 Å². The Hall–Kier alpha value is -1.67. The number of aliphatic hydroxyl groups is 1. The van der Waals surface area contributed by atoms with Crippen LogP contribution in [-0.4, -0.2) is 59.3 Å². The van der Waals surface area contributed by atoms with E-state index in [2.05, 4.69) is 16.0 Å². The number of aliphatic carboxylic acids is 1. The highest BCUT2D eigenvalue weighted by Crippen LogP contribution is 2.06. The van der Waals surface area contributed by atoms with Crippen LogP contribution in [0.25, 0.3) is 0 Å². The summed E-state index contributed by atoms with van der Waals surface area (Å²) in [5, 5.41) is 26.0. The number of rotatable bonds is 7. The summed E-state index contributed by atoms with van der Waals surface area (Å²) in [4.78, 5) is 34.9. The summed E-state index contributed by atoms with van der Waals surface area (Å²) in [5.41, 5.74) is 0. The Labute approximate surface area is 123 Å². The summed E-state index contributed by atoms with van der Waals surface area (Å²) >= 11 is 0. The predicted molar refractivity (Wildman–Crippen MR) is 74.4 cm³/mol. The quantitative estimate of drug-likeness (QED) is 0.387. The fourth-order valence-electron chi connectivity index (χ4n) is 2.14. The molecule has 5 N–H and O–H groups in total. The van der Waals surface area contributed by atoms with E-state index in [1.807, 2.05) is 0 Å². The lowest BCUT2D eigenvalue weighted by Gasteiger charge is -2.23. The van der Waals surface area contributed by atoms with Gasteiger partial charge in [-0.25, -0.2) is 4.79 Å².